The lowest BCUT2D eigenvalue weighted by Gasteiger charge is -2.58. The molecule has 6 atom stereocenters. The van der Waals surface area contributed by atoms with Gasteiger partial charge < -0.3 is 4.57 Å². The number of para-hydroxylation sites is 2. The minimum atomic E-state index is 0.235. The topological polar surface area (TPSA) is 17.8 Å². The smallest absolute Gasteiger partial charge is 0.100 e. The molecule has 1 heterocycles. The Labute approximate surface area is 192 Å². The molecular weight excluding hydrogens is 388 g/mol. The molecule has 6 rings (SSSR count). The van der Waals surface area contributed by atoms with Crippen molar-refractivity contribution in [3.05, 3.63) is 73.6 Å². The zero-order valence-electron chi connectivity index (χ0n) is 19.5. The lowest BCUT2D eigenvalue weighted by atomic mass is 9.46. The van der Waals surface area contributed by atoms with Gasteiger partial charge in [0.25, 0.3) is 0 Å². The van der Waals surface area contributed by atoms with E-state index in [2.05, 4.69) is 79.5 Å². The third-order valence-corrected chi connectivity index (χ3v) is 9.93. The summed E-state index contributed by atoms with van der Waals surface area (Å²) in [6.45, 7) is 11.0. The van der Waals surface area contributed by atoms with Crippen molar-refractivity contribution in [3.8, 4) is 0 Å². The monoisotopic (exact) mass is 424 g/mol. The lowest BCUT2D eigenvalue weighted by molar-refractivity contribution is -0.00284. The van der Waals surface area contributed by atoms with Crippen molar-refractivity contribution in [2.24, 2.45) is 34.5 Å². The number of fused-ring (bicyclic) bond motifs is 6. The molecular formula is C30H36N2. The Kier molecular flexibility index (Phi) is 4.65. The molecule has 2 saturated carbocycles. The Morgan fingerprint density at radius 2 is 1.97 bits per heavy atom. The van der Waals surface area contributed by atoms with Crippen LogP contribution in [0.2, 0.25) is 0 Å². The molecule has 1 aromatic carbocycles. The van der Waals surface area contributed by atoms with E-state index < -0.39 is 0 Å². The summed E-state index contributed by atoms with van der Waals surface area (Å²) in [6, 6.07) is 8.57. The predicted molar refractivity (Wildman–Crippen MR) is 134 cm³/mol. The van der Waals surface area contributed by atoms with Gasteiger partial charge >= 0.3 is 0 Å². The first-order valence-electron chi connectivity index (χ1n) is 12.7. The number of hydrogen-bond donors (Lipinski definition) is 0. The summed E-state index contributed by atoms with van der Waals surface area (Å²) in [7, 11) is 0. The molecule has 0 bridgehead atoms. The second kappa shape index (κ2) is 7.33. The van der Waals surface area contributed by atoms with E-state index in [0.29, 0.717) is 0 Å². The van der Waals surface area contributed by atoms with Crippen LogP contribution in [0.1, 0.15) is 58.3 Å². The number of imidazole rings is 1. The second-order valence-corrected chi connectivity index (χ2v) is 11.1. The van der Waals surface area contributed by atoms with Gasteiger partial charge in [-0.15, -0.1) is 13.2 Å². The number of nitrogens with zero attached hydrogens (tertiary/aromatic N) is 2. The lowest BCUT2D eigenvalue weighted by Crippen LogP contribution is -2.50. The Balaban J connectivity index is 1.34. The summed E-state index contributed by atoms with van der Waals surface area (Å²) in [5, 5.41) is 0. The van der Waals surface area contributed by atoms with Gasteiger partial charge in [-0.05, 0) is 87.2 Å². The van der Waals surface area contributed by atoms with E-state index >= 15 is 0 Å². The van der Waals surface area contributed by atoms with E-state index in [0.717, 1.165) is 35.6 Å². The zero-order valence-corrected chi connectivity index (χ0v) is 19.5. The van der Waals surface area contributed by atoms with E-state index in [1.165, 1.54) is 56.2 Å². The first kappa shape index (κ1) is 20.3. The predicted octanol–water partition coefficient (Wildman–Crippen LogP) is 7.81. The van der Waals surface area contributed by atoms with Crippen molar-refractivity contribution < 1.29 is 0 Å². The third-order valence-electron chi connectivity index (χ3n) is 9.93. The van der Waals surface area contributed by atoms with Crippen LogP contribution in [-0.4, -0.2) is 9.55 Å². The van der Waals surface area contributed by atoms with Gasteiger partial charge in [-0.3, -0.25) is 0 Å². The quantitative estimate of drug-likeness (QED) is 0.458. The summed E-state index contributed by atoms with van der Waals surface area (Å²) in [4.78, 5) is 4.71. The van der Waals surface area contributed by atoms with Crippen molar-refractivity contribution in [2.45, 2.75) is 58.3 Å². The van der Waals surface area contributed by atoms with Gasteiger partial charge in [-0.2, -0.15) is 0 Å². The minimum Gasteiger partial charge on any atom is -0.302 e. The molecule has 2 nitrogen and oxygen atoms in total. The maximum atomic E-state index is 4.71. The number of hydrogen-bond acceptors (Lipinski definition) is 1. The van der Waals surface area contributed by atoms with Crippen molar-refractivity contribution in [1.82, 2.24) is 9.55 Å². The number of rotatable bonds is 4. The first-order valence-corrected chi connectivity index (χ1v) is 12.7. The van der Waals surface area contributed by atoms with Crippen LogP contribution in [-0.2, 0) is 0 Å². The van der Waals surface area contributed by atoms with Gasteiger partial charge in [-0.1, -0.05) is 48.9 Å². The fourth-order valence-corrected chi connectivity index (χ4v) is 8.33. The fourth-order valence-electron chi connectivity index (χ4n) is 8.33. The molecule has 2 aromatic rings. The molecule has 2 fully saturated rings. The molecule has 0 N–H and O–H groups in total. The second-order valence-electron chi connectivity index (χ2n) is 11.1. The molecule has 0 amide bonds. The average molecular weight is 425 g/mol. The third kappa shape index (κ3) is 2.68. The number of aromatic nitrogens is 2. The van der Waals surface area contributed by atoms with Crippen LogP contribution in [0.25, 0.3) is 16.7 Å². The normalized spacial score (nSPS) is 38.3. The molecule has 32 heavy (non-hydrogen) atoms. The van der Waals surface area contributed by atoms with Crippen LogP contribution in [0, 0.1) is 34.5 Å². The maximum absolute atomic E-state index is 4.71. The van der Waals surface area contributed by atoms with Crippen LogP contribution in [0.15, 0.2) is 73.6 Å². The molecule has 4 aliphatic carbocycles. The van der Waals surface area contributed by atoms with Crippen molar-refractivity contribution in [3.63, 3.8) is 0 Å². The number of allylic oxidation sites excluding steroid dienone is 6. The summed E-state index contributed by atoms with van der Waals surface area (Å²) < 4.78 is 2.39. The molecule has 4 aliphatic rings. The standard InChI is InChI=1S/C30H36N2/c1-4-8-21-15-18-30(5-2)22(19-21)11-12-23-24-13-14-28(29(24,3)17-16-25(23)30)32-20-31-26-9-6-7-10-27(26)32/h4-7,9-11,14,20-21,23-25H,1-2,8,12-13,15-19H2,3H3/t21?,23?,24?,25?,29-,30-/m0/s1. The van der Waals surface area contributed by atoms with E-state index in [-0.39, 0.29) is 10.8 Å². The van der Waals surface area contributed by atoms with Crippen LogP contribution < -0.4 is 0 Å². The molecule has 0 saturated heterocycles. The molecule has 0 aliphatic heterocycles. The van der Waals surface area contributed by atoms with Gasteiger partial charge in [0.05, 0.1) is 11.0 Å². The molecule has 1 aromatic heterocycles. The average Bonchev–Trinajstić information content (AvgIpc) is 3.39. The largest absolute Gasteiger partial charge is 0.302 e. The minimum absolute atomic E-state index is 0.235. The van der Waals surface area contributed by atoms with Crippen molar-refractivity contribution >= 4 is 16.7 Å². The number of benzene rings is 1. The Hall–Kier alpha value is -2.35. The molecule has 2 heteroatoms. The van der Waals surface area contributed by atoms with Gasteiger partial charge in [-0.25, -0.2) is 4.98 Å². The first-order chi connectivity index (χ1) is 15.6. The maximum Gasteiger partial charge on any atom is 0.100 e. The van der Waals surface area contributed by atoms with Crippen molar-refractivity contribution in [2.75, 3.05) is 0 Å². The van der Waals surface area contributed by atoms with Gasteiger partial charge in [0, 0.05) is 16.5 Å². The van der Waals surface area contributed by atoms with E-state index in [4.69, 9.17) is 4.98 Å². The van der Waals surface area contributed by atoms with Gasteiger partial charge in [0.15, 0.2) is 0 Å². The van der Waals surface area contributed by atoms with Crippen molar-refractivity contribution in [1.29, 1.82) is 0 Å². The molecule has 0 radical (unpaired) electrons. The highest BCUT2D eigenvalue weighted by molar-refractivity contribution is 5.80. The van der Waals surface area contributed by atoms with Crippen LogP contribution in [0.3, 0.4) is 0 Å². The molecule has 0 spiro atoms. The van der Waals surface area contributed by atoms with Crippen LogP contribution >= 0.6 is 0 Å². The summed E-state index contributed by atoms with van der Waals surface area (Å²) in [5.41, 5.74) is 6.03. The van der Waals surface area contributed by atoms with E-state index in [1.807, 2.05) is 0 Å². The van der Waals surface area contributed by atoms with E-state index in [1.54, 1.807) is 5.57 Å². The SMILES string of the molecule is C=CCC1CC[C@@]2(C=C)C(=CCC3C2CC[C@]2(C)C(n4cnc5ccccc54)=CCC32)C1. The van der Waals surface area contributed by atoms with Crippen LogP contribution in [0.4, 0.5) is 0 Å². The Bertz CT molecular complexity index is 1130. The highest BCUT2D eigenvalue weighted by atomic mass is 15.1. The summed E-state index contributed by atoms with van der Waals surface area (Å²) >= 11 is 0. The van der Waals surface area contributed by atoms with Gasteiger partial charge in [0.2, 0.25) is 0 Å². The molecule has 166 valence electrons. The van der Waals surface area contributed by atoms with Crippen LogP contribution in [0.5, 0.6) is 0 Å². The zero-order chi connectivity index (χ0) is 21.9. The Morgan fingerprint density at radius 1 is 1.09 bits per heavy atom. The Morgan fingerprint density at radius 3 is 2.81 bits per heavy atom. The van der Waals surface area contributed by atoms with E-state index in [9.17, 15) is 0 Å². The summed E-state index contributed by atoms with van der Waals surface area (Å²) in [5.74, 6) is 3.02. The summed E-state index contributed by atoms with van der Waals surface area (Å²) in [6.07, 6.45) is 21.8. The fraction of sp³-hybridized carbons (Fsp3) is 0.500. The highest BCUT2D eigenvalue weighted by Gasteiger charge is 2.57. The molecule has 4 unspecified atom stereocenters. The van der Waals surface area contributed by atoms with Gasteiger partial charge in [0.1, 0.15) is 6.33 Å². The highest BCUT2D eigenvalue weighted by Crippen LogP contribution is 2.66.